The SMILES string of the molecule is NC(CCc1ccccc1)Cc1ccc(Br)cc1Cl. The van der Waals surface area contributed by atoms with E-state index in [4.69, 9.17) is 17.3 Å². The van der Waals surface area contributed by atoms with Crippen LogP contribution in [-0.2, 0) is 12.8 Å². The van der Waals surface area contributed by atoms with Crippen LogP contribution in [-0.4, -0.2) is 6.04 Å². The molecule has 0 amide bonds. The van der Waals surface area contributed by atoms with Gasteiger partial charge in [-0.2, -0.15) is 0 Å². The molecule has 0 radical (unpaired) electrons. The molecule has 2 aromatic rings. The predicted octanol–water partition coefficient (Wildman–Crippen LogP) is 4.61. The summed E-state index contributed by atoms with van der Waals surface area (Å²) in [5, 5.41) is 0.782. The normalized spacial score (nSPS) is 12.4. The van der Waals surface area contributed by atoms with Gasteiger partial charge in [-0.05, 0) is 42.5 Å². The molecule has 0 heterocycles. The van der Waals surface area contributed by atoms with Crippen molar-refractivity contribution in [2.45, 2.75) is 25.3 Å². The molecule has 100 valence electrons. The molecule has 0 aliphatic carbocycles. The maximum atomic E-state index is 6.21. The number of nitrogens with two attached hydrogens (primary N) is 1. The van der Waals surface area contributed by atoms with Gasteiger partial charge in [-0.3, -0.25) is 0 Å². The van der Waals surface area contributed by atoms with Crippen LogP contribution in [0.3, 0.4) is 0 Å². The number of aryl methyl sites for hydroxylation is 1. The molecule has 0 aromatic heterocycles. The fourth-order valence-corrected chi connectivity index (χ4v) is 2.82. The van der Waals surface area contributed by atoms with Crippen molar-refractivity contribution < 1.29 is 0 Å². The molecule has 0 bridgehead atoms. The zero-order chi connectivity index (χ0) is 13.7. The van der Waals surface area contributed by atoms with Crippen molar-refractivity contribution >= 4 is 27.5 Å². The average molecular weight is 339 g/mol. The van der Waals surface area contributed by atoms with Gasteiger partial charge in [-0.15, -0.1) is 0 Å². The number of rotatable bonds is 5. The number of benzene rings is 2. The molecule has 3 heteroatoms. The van der Waals surface area contributed by atoms with Gasteiger partial charge in [0.15, 0.2) is 0 Å². The highest BCUT2D eigenvalue weighted by atomic mass is 79.9. The standard InChI is InChI=1S/C16H17BrClN/c17-14-8-7-13(16(18)11-14)10-15(19)9-6-12-4-2-1-3-5-12/h1-5,7-8,11,15H,6,9-10,19H2. The van der Waals surface area contributed by atoms with Crippen LogP contribution < -0.4 is 5.73 Å². The van der Waals surface area contributed by atoms with Gasteiger partial charge in [0.1, 0.15) is 0 Å². The topological polar surface area (TPSA) is 26.0 Å². The van der Waals surface area contributed by atoms with Crippen molar-refractivity contribution in [3.05, 3.63) is 69.2 Å². The molecule has 2 N–H and O–H groups in total. The first-order chi connectivity index (χ1) is 9.15. The van der Waals surface area contributed by atoms with Crippen molar-refractivity contribution in [1.29, 1.82) is 0 Å². The van der Waals surface area contributed by atoms with E-state index in [1.165, 1.54) is 5.56 Å². The molecule has 1 atom stereocenters. The summed E-state index contributed by atoms with van der Waals surface area (Å²) in [6.45, 7) is 0. The lowest BCUT2D eigenvalue weighted by atomic mass is 10.00. The summed E-state index contributed by atoms with van der Waals surface area (Å²) in [6, 6.07) is 16.5. The first kappa shape index (κ1) is 14.6. The third kappa shape index (κ3) is 4.64. The predicted molar refractivity (Wildman–Crippen MR) is 85.6 cm³/mol. The Morgan fingerprint density at radius 1 is 1.11 bits per heavy atom. The number of hydrogen-bond acceptors (Lipinski definition) is 1. The number of halogens is 2. The molecule has 0 aliphatic rings. The van der Waals surface area contributed by atoms with E-state index in [1.54, 1.807) is 0 Å². The van der Waals surface area contributed by atoms with Crippen LogP contribution in [0.25, 0.3) is 0 Å². The molecule has 0 spiro atoms. The quantitative estimate of drug-likeness (QED) is 0.847. The molecule has 1 nitrogen and oxygen atoms in total. The van der Waals surface area contributed by atoms with Gasteiger partial charge in [-0.25, -0.2) is 0 Å². The molecule has 0 fully saturated rings. The van der Waals surface area contributed by atoms with Crippen LogP contribution in [0.15, 0.2) is 53.0 Å². The van der Waals surface area contributed by atoms with Crippen LogP contribution >= 0.6 is 27.5 Å². The van der Waals surface area contributed by atoms with Crippen molar-refractivity contribution in [2.75, 3.05) is 0 Å². The summed E-state index contributed by atoms with van der Waals surface area (Å²) in [6.07, 6.45) is 2.80. The molecular weight excluding hydrogens is 322 g/mol. The first-order valence-electron chi connectivity index (χ1n) is 6.38. The molecule has 19 heavy (non-hydrogen) atoms. The Hall–Kier alpha value is -0.830. The molecule has 2 aromatic carbocycles. The zero-order valence-corrected chi connectivity index (χ0v) is 13.0. The summed E-state index contributed by atoms with van der Waals surface area (Å²) in [4.78, 5) is 0. The summed E-state index contributed by atoms with van der Waals surface area (Å²) in [7, 11) is 0. The van der Waals surface area contributed by atoms with Gasteiger partial charge in [0.05, 0.1) is 0 Å². The van der Waals surface area contributed by atoms with Crippen molar-refractivity contribution in [2.24, 2.45) is 5.73 Å². The second kappa shape index (κ2) is 7.09. The van der Waals surface area contributed by atoms with Crippen LogP contribution in [0, 0.1) is 0 Å². The first-order valence-corrected chi connectivity index (χ1v) is 7.55. The Bertz CT molecular complexity index is 528. The molecule has 1 unspecified atom stereocenters. The van der Waals surface area contributed by atoms with Gasteiger partial charge in [-0.1, -0.05) is 63.9 Å². The highest BCUT2D eigenvalue weighted by Gasteiger charge is 2.08. The zero-order valence-electron chi connectivity index (χ0n) is 10.7. The molecule has 0 saturated heterocycles. The van der Waals surface area contributed by atoms with Crippen LogP contribution in [0.2, 0.25) is 5.02 Å². The molecule has 0 aliphatic heterocycles. The van der Waals surface area contributed by atoms with E-state index >= 15 is 0 Å². The van der Waals surface area contributed by atoms with E-state index in [2.05, 4.69) is 40.2 Å². The smallest absolute Gasteiger partial charge is 0.0449 e. The van der Waals surface area contributed by atoms with Crippen molar-refractivity contribution in [1.82, 2.24) is 0 Å². The van der Waals surface area contributed by atoms with E-state index in [1.807, 2.05) is 24.3 Å². The molecule has 0 saturated carbocycles. The third-order valence-corrected chi connectivity index (χ3v) is 3.99. The van der Waals surface area contributed by atoms with Gasteiger partial charge in [0.2, 0.25) is 0 Å². The largest absolute Gasteiger partial charge is 0.327 e. The molecular formula is C16H17BrClN. The maximum Gasteiger partial charge on any atom is 0.0449 e. The maximum absolute atomic E-state index is 6.21. The average Bonchev–Trinajstić information content (AvgIpc) is 2.41. The van der Waals surface area contributed by atoms with Gasteiger partial charge >= 0.3 is 0 Å². The lowest BCUT2D eigenvalue weighted by Gasteiger charge is -2.13. The van der Waals surface area contributed by atoms with Crippen molar-refractivity contribution in [3.63, 3.8) is 0 Å². The molecule has 2 rings (SSSR count). The van der Waals surface area contributed by atoms with Gasteiger partial charge < -0.3 is 5.73 Å². The van der Waals surface area contributed by atoms with Crippen LogP contribution in [0.1, 0.15) is 17.5 Å². The van der Waals surface area contributed by atoms with E-state index in [9.17, 15) is 0 Å². The van der Waals surface area contributed by atoms with E-state index < -0.39 is 0 Å². The fourth-order valence-electron chi connectivity index (χ4n) is 2.07. The lowest BCUT2D eigenvalue weighted by molar-refractivity contribution is 0.610. The van der Waals surface area contributed by atoms with Crippen LogP contribution in [0.5, 0.6) is 0 Å². The van der Waals surface area contributed by atoms with Crippen molar-refractivity contribution in [3.8, 4) is 0 Å². The Morgan fingerprint density at radius 2 is 1.84 bits per heavy atom. The fraction of sp³-hybridized carbons (Fsp3) is 0.250. The Kier molecular flexibility index (Phi) is 5.44. The minimum atomic E-state index is 0.138. The Labute approximate surface area is 127 Å². The Balaban J connectivity index is 1.89. The lowest BCUT2D eigenvalue weighted by Crippen LogP contribution is -2.23. The minimum absolute atomic E-state index is 0.138. The van der Waals surface area contributed by atoms with Gasteiger partial charge in [0.25, 0.3) is 0 Å². The van der Waals surface area contributed by atoms with E-state index in [0.717, 1.165) is 34.3 Å². The van der Waals surface area contributed by atoms with Crippen LogP contribution in [0.4, 0.5) is 0 Å². The summed E-state index contributed by atoms with van der Waals surface area (Å²) >= 11 is 9.61. The van der Waals surface area contributed by atoms with E-state index in [0.29, 0.717) is 0 Å². The minimum Gasteiger partial charge on any atom is -0.327 e. The van der Waals surface area contributed by atoms with E-state index in [-0.39, 0.29) is 6.04 Å². The highest BCUT2D eigenvalue weighted by molar-refractivity contribution is 9.10. The van der Waals surface area contributed by atoms with Gasteiger partial charge in [0, 0.05) is 15.5 Å². The monoisotopic (exact) mass is 337 g/mol. The summed E-state index contributed by atoms with van der Waals surface area (Å²) in [5.41, 5.74) is 8.64. The second-order valence-corrected chi connectivity index (χ2v) is 6.05. The third-order valence-electron chi connectivity index (χ3n) is 3.14. The highest BCUT2D eigenvalue weighted by Crippen LogP contribution is 2.22. The second-order valence-electron chi connectivity index (χ2n) is 4.72. The summed E-state index contributed by atoms with van der Waals surface area (Å²) in [5.74, 6) is 0. The summed E-state index contributed by atoms with van der Waals surface area (Å²) < 4.78 is 0.999. The number of hydrogen-bond donors (Lipinski definition) is 1. The Morgan fingerprint density at radius 3 is 2.53 bits per heavy atom.